The topological polar surface area (TPSA) is 62.7 Å². The second-order valence-corrected chi connectivity index (χ2v) is 6.06. The highest BCUT2D eigenvalue weighted by Gasteiger charge is 2.13. The number of hydrogen-bond acceptors (Lipinski definition) is 4. The SMILES string of the molecule is CCNC(=S)N/N=C/c1ccc(OC(=O)c2ccc(Cl)cc2Cl)cc1. The van der Waals surface area contributed by atoms with Crippen molar-refractivity contribution < 1.29 is 9.53 Å². The van der Waals surface area contributed by atoms with Gasteiger partial charge >= 0.3 is 5.97 Å². The molecule has 0 spiro atoms. The van der Waals surface area contributed by atoms with Gasteiger partial charge < -0.3 is 10.1 Å². The average Bonchev–Trinajstić information content (AvgIpc) is 2.56. The van der Waals surface area contributed by atoms with E-state index >= 15 is 0 Å². The van der Waals surface area contributed by atoms with Crippen molar-refractivity contribution in [1.82, 2.24) is 10.7 Å². The molecule has 8 heteroatoms. The molecule has 2 aromatic carbocycles. The Hall–Kier alpha value is -2.15. The van der Waals surface area contributed by atoms with Gasteiger partial charge in [0.15, 0.2) is 5.11 Å². The number of carbonyl (C=O) groups is 1. The van der Waals surface area contributed by atoms with E-state index in [9.17, 15) is 4.79 Å². The van der Waals surface area contributed by atoms with Gasteiger partial charge in [-0.25, -0.2) is 4.79 Å². The Bertz CT molecular complexity index is 795. The van der Waals surface area contributed by atoms with E-state index < -0.39 is 5.97 Å². The summed E-state index contributed by atoms with van der Waals surface area (Å²) >= 11 is 16.8. The zero-order chi connectivity index (χ0) is 18.2. The standard InChI is InChI=1S/C17H15Cl2N3O2S/c1-2-20-17(25)22-21-10-11-3-6-13(7-4-11)24-16(23)14-8-5-12(18)9-15(14)19/h3-10H,2H2,1H3,(H2,20,22,25)/b21-10+. The van der Waals surface area contributed by atoms with Crippen molar-refractivity contribution in [3.63, 3.8) is 0 Å². The van der Waals surface area contributed by atoms with Gasteiger partial charge in [0, 0.05) is 11.6 Å². The first-order valence-corrected chi connectivity index (χ1v) is 8.50. The molecule has 0 aliphatic rings. The minimum atomic E-state index is -0.555. The number of hydrogen-bond donors (Lipinski definition) is 2. The molecule has 0 aliphatic carbocycles. The van der Waals surface area contributed by atoms with Crippen LogP contribution in [0, 0.1) is 0 Å². The van der Waals surface area contributed by atoms with Gasteiger partial charge in [0.05, 0.1) is 16.8 Å². The second-order valence-electron chi connectivity index (χ2n) is 4.81. The van der Waals surface area contributed by atoms with Crippen molar-refractivity contribution >= 4 is 52.7 Å². The highest BCUT2D eigenvalue weighted by molar-refractivity contribution is 7.80. The van der Waals surface area contributed by atoms with Crippen LogP contribution in [0.25, 0.3) is 0 Å². The number of carbonyl (C=O) groups excluding carboxylic acids is 1. The minimum absolute atomic E-state index is 0.240. The van der Waals surface area contributed by atoms with Crippen LogP contribution in [-0.2, 0) is 0 Å². The molecule has 2 rings (SSSR count). The van der Waals surface area contributed by atoms with Crippen LogP contribution >= 0.6 is 35.4 Å². The summed E-state index contributed by atoms with van der Waals surface area (Å²) in [6, 6.07) is 11.4. The van der Waals surface area contributed by atoms with E-state index in [0.717, 1.165) is 12.1 Å². The number of rotatable bonds is 5. The molecule has 0 bridgehead atoms. The van der Waals surface area contributed by atoms with Crippen LogP contribution in [0.15, 0.2) is 47.6 Å². The van der Waals surface area contributed by atoms with Gasteiger partial charge in [-0.15, -0.1) is 0 Å². The molecule has 2 N–H and O–H groups in total. The number of nitrogens with zero attached hydrogens (tertiary/aromatic N) is 1. The fourth-order valence-electron chi connectivity index (χ4n) is 1.80. The van der Waals surface area contributed by atoms with Crippen molar-refractivity contribution in [2.24, 2.45) is 5.10 Å². The fourth-order valence-corrected chi connectivity index (χ4v) is 2.49. The molecule has 0 unspecified atom stereocenters. The van der Waals surface area contributed by atoms with Gasteiger partial charge in [-0.3, -0.25) is 5.43 Å². The molecule has 0 amide bonds. The summed E-state index contributed by atoms with van der Waals surface area (Å²) in [5, 5.41) is 8.06. The molecule has 0 atom stereocenters. The van der Waals surface area contributed by atoms with E-state index in [1.54, 1.807) is 36.5 Å². The number of thiocarbonyl (C=S) groups is 1. The highest BCUT2D eigenvalue weighted by Crippen LogP contribution is 2.22. The van der Waals surface area contributed by atoms with E-state index in [-0.39, 0.29) is 10.6 Å². The van der Waals surface area contributed by atoms with Crippen molar-refractivity contribution in [2.75, 3.05) is 6.54 Å². The second kappa shape index (κ2) is 9.36. The van der Waals surface area contributed by atoms with Crippen LogP contribution < -0.4 is 15.5 Å². The maximum Gasteiger partial charge on any atom is 0.345 e. The first-order chi connectivity index (χ1) is 12.0. The molecular weight excluding hydrogens is 381 g/mol. The van der Waals surface area contributed by atoms with Gasteiger partial charge in [0.25, 0.3) is 0 Å². The molecule has 2 aromatic rings. The molecule has 0 saturated heterocycles. The van der Waals surface area contributed by atoms with Crippen LogP contribution in [0.3, 0.4) is 0 Å². The lowest BCUT2D eigenvalue weighted by atomic mass is 10.2. The minimum Gasteiger partial charge on any atom is -0.423 e. The lowest BCUT2D eigenvalue weighted by Gasteiger charge is -2.06. The Morgan fingerprint density at radius 2 is 1.96 bits per heavy atom. The van der Waals surface area contributed by atoms with E-state index in [0.29, 0.717) is 15.9 Å². The summed E-state index contributed by atoms with van der Waals surface area (Å²) in [5.74, 6) is -0.162. The van der Waals surface area contributed by atoms with Gasteiger partial charge in [-0.2, -0.15) is 5.10 Å². The molecule has 5 nitrogen and oxygen atoms in total. The summed E-state index contributed by atoms with van der Waals surface area (Å²) in [6.45, 7) is 2.66. The zero-order valence-electron chi connectivity index (χ0n) is 13.3. The van der Waals surface area contributed by atoms with E-state index in [1.807, 2.05) is 6.92 Å². The molecule has 0 radical (unpaired) electrons. The number of halogens is 2. The maximum atomic E-state index is 12.1. The van der Waals surface area contributed by atoms with Gasteiger partial charge in [0.1, 0.15) is 5.75 Å². The number of benzene rings is 2. The van der Waals surface area contributed by atoms with Gasteiger partial charge in [-0.05, 0) is 67.2 Å². The molecule has 0 aliphatic heterocycles. The fraction of sp³-hybridized carbons (Fsp3) is 0.118. The van der Waals surface area contributed by atoms with Crippen molar-refractivity contribution in [1.29, 1.82) is 0 Å². The quantitative estimate of drug-likeness (QED) is 0.263. The number of esters is 1. The van der Waals surface area contributed by atoms with Crippen LogP contribution in [0.2, 0.25) is 10.0 Å². The third-order valence-electron chi connectivity index (χ3n) is 2.96. The van der Waals surface area contributed by atoms with E-state index in [2.05, 4.69) is 15.8 Å². The largest absolute Gasteiger partial charge is 0.423 e. The van der Waals surface area contributed by atoms with E-state index in [1.165, 1.54) is 12.1 Å². The van der Waals surface area contributed by atoms with Crippen molar-refractivity contribution in [2.45, 2.75) is 6.92 Å². The third-order valence-corrected chi connectivity index (χ3v) is 3.74. The molecule has 0 fully saturated rings. The molecular formula is C17H15Cl2N3O2S. The van der Waals surface area contributed by atoms with Crippen LogP contribution in [-0.4, -0.2) is 23.8 Å². The Balaban J connectivity index is 1.97. The Morgan fingerprint density at radius 1 is 1.24 bits per heavy atom. The first-order valence-electron chi connectivity index (χ1n) is 7.34. The lowest BCUT2D eigenvalue weighted by molar-refractivity contribution is 0.0735. The maximum absolute atomic E-state index is 12.1. The predicted octanol–water partition coefficient (Wildman–Crippen LogP) is 4.03. The first kappa shape index (κ1) is 19.2. The van der Waals surface area contributed by atoms with Crippen LogP contribution in [0.4, 0.5) is 0 Å². The zero-order valence-corrected chi connectivity index (χ0v) is 15.6. The summed E-state index contributed by atoms with van der Waals surface area (Å²) in [7, 11) is 0. The summed E-state index contributed by atoms with van der Waals surface area (Å²) in [6.07, 6.45) is 1.60. The van der Waals surface area contributed by atoms with Gasteiger partial charge in [-0.1, -0.05) is 23.2 Å². The van der Waals surface area contributed by atoms with Crippen LogP contribution in [0.1, 0.15) is 22.8 Å². The van der Waals surface area contributed by atoms with E-state index in [4.69, 9.17) is 40.2 Å². The predicted molar refractivity (Wildman–Crippen MR) is 105 cm³/mol. The Labute approximate surface area is 161 Å². The monoisotopic (exact) mass is 395 g/mol. The summed E-state index contributed by atoms with van der Waals surface area (Å²) < 4.78 is 5.29. The summed E-state index contributed by atoms with van der Waals surface area (Å²) in [4.78, 5) is 12.1. The van der Waals surface area contributed by atoms with Crippen LogP contribution in [0.5, 0.6) is 5.75 Å². The molecule has 0 aromatic heterocycles. The summed E-state index contributed by atoms with van der Waals surface area (Å²) in [5.41, 5.74) is 3.75. The number of nitrogens with one attached hydrogen (secondary N) is 2. The Kier molecular flexibility index (Phi) is 7.18. The molecule has 0 heterocycles. The van der Waals surface area contributed by atoms with Crippen molar-refractivity contribution in [3.05, 3.63) is 63.6 Å². The lowest BCUT2D eigenvalue weighted by Crippen LogP contribution is -2.31. The normalized spacial score (nSPS) is 10.5. The molecule has 25 heavy (non-hydrogen) atoms. The van der Waals surface area contributed by atoms with Gasteiger partial charge in [0.2, 0.25) is 0 Å². The highest BCUT2D eigenvalue weighted by atomic mass is 35.5. The number of hydrazone groups is 1. The molecule has 0 saturated carbocycles. The smallest absolute Gasteiger partial charge is 0.345 e. The Morgan fingerprint density at radius 3 is 2.60 bits per heavy atom. The molecule has 130 valence electrons. The average molecular weight is 396 g/mol. The third kappa shape index (κ3) is 6.01. The van der Waals surface area contributed by atoms with Crippen molar-refractivity contribution in [3.8, 4) is 5.75 Å². The number of ether oxygens (including phenoxy) is 1.